The Hall–Kier alpha value is -3.94. The minimum absolute atomic E-state index is 0.170. The number of primary amides is 1. The largest absolute Gasteiger partial charge is 0.496 e. The number of benzene rings is 2. The van der Waals surface area contributed by atoms with Crippen molar-refractivity contribution in [1.29, 1.82) is 0 Å². The van der Waals surface area contributed by atoms with Crippen LogP contribution >= 0.6 is 0 Å². The third-order valence-corrected chi connectivity index (χ3v) is 5.16. The normalized spacial score (nSPS) is 13.1. The van der Waals surface area contributed by atoms with E-state index < -0.39 is 11.9 Å². The lowest BCUT2D eigenvalue weighted by molar-refractivity contribution is -0.135. The Morgan fingerprint density at radius 3 is 2.67 bits per heavy atom. The fourth-order valence-corrected chi connectivity index (χ4v) is 3.95. The van der Waals surface area contributed by atoms with Gasteiger partial charge in [-0.25, -0.2) is 0 Å². The van der Waals surface area contributed by atoms with E-state index in [-0.39, 0.29) is 24.3 Å². The number of para-hydroxylation sites is 1. The third-order valence-electron chi connectivity index (χ3n) is 5.16. The van der Waals surface area contributed by atoms with Crippen LogP contribution in [-0.4, -0.2) is 46.7 Å². The number of Topliss-reactive ketones (excluding diaryl/α,β-unsaturated/α-hetero) is 1. The van der Waals surface area contributed by atoms with E-state index in [1.165, 1.54) is 0 Å². The Morgan fingerprint density at radius 1 is 1.20 bits per heavy atom. The maximum Gasteiger partial charge on any atom is 0.309 e. The number of nitrogens with zero attached hydrogens (tertiary/aromatic N) is 2. The van der Waals surface area contributed by atoms with E-state index in [0.717, 1.165) is 5.56 Å². The molecule has 0 atom stereocenters. The number of ketones is 1. The summed E-state index contributed by atoms with van der Waals surface area (Å²) in [7, 11) is 1.56. The summed E-state index contributed by atoms with van der Waals surface area (Å²) in [5.41, 5.74) is 8.22. The van der Waals surface area contributed by atoms with Gasteiger partial charge in [-0.3, -0.25) is 19.4 Å². The van der Waals surface area contributed by atoms with Crippen LogP contribution in [0.25, 0.3) is 10.9 Å². The van der Waals surface area contributed by atoms with Crippen molar-refractivity contribution in [2.24, 2.45) is 10.7 Å². The van der Waals surface area contributed by atoms with Gasteiger partial charge in [-0.2, -0.15) is 0 Å². The van der Waals surface area contributed by atoms with Crippen LogP contribution < -0.4 is 10.5 Å². The predicted molar refractivity (Wildman–Crippen MR) is 111 cm³/mol. The van der Waals surface area contributed by atoms with Crippen molar-refractivity contribution in [3.63, 3.8) is 0 Å². The lowest BCUT2D eigenvalue weighted by Crippen LogP contribution is -2.24. The summed E-state index contributed by atoms with van der Waals surface area (Å²) in [5, 5.41) is 9.80. The smallest absolute Gasteiger partial charge is 0.309 e. The van der Waals surface area contributed by atoms with Gasteiger partial charge in [-0.15, -0.1) is 0 Å². The molecule has 4 rings (SSSR count). The number of amides is 1. The van der Waals surface area contributed by atoms with E-state index in [9.17, 15) is 19.5 Å². The number of fused-ring (bicyclic) bond motifs is 3. The molecule has 0 unspecified atom stereocenters. The second-order valence-electron chi connectivity index (χ2n) is 6.94. The minimum atomic E-state index is -1.06. The molecule has 2 heterocycles. The second kappa shape index (κ2) is 7.47. The molecule has 0 spiro atoms. The molecule has 3 N–H and O–H groups in total. The van der Waals surface area contributed by atoms with Gasteiger partial charge in [-0.1, -0.05) is 24.3 Å². The number of carboxylic acids is 1. The van der Waals surface area contributed by atoms with Gasteiger partial charge in [0, 0.05) is 16.5 Å². The van der Waals surface area contributed by atoms with Crippen LogP contribution in [0, 0.1) is 0 Å². The number of hydrogen-bond acceptors (Lipinski definition) is 5. The van der Waals surface area contributed by atoms with Gasteiger partial charge in [0.2, 0.25) is 5.91 Å². The second-order valence-corrected chi connectivity index (χ2v) is 6.94. The predicted octanol–water partition coefficient (Wildman–Crippen LogP) is 2.26. The molecule has 1 aromatic heterocycles. The quantitative estimate of drug-likeness (QED) is 0.651. The topological polar surface area (TPSA) is 124 Å². The first-order chi connectivity index (χ1) is 14.4. The molecule has 0 radical (unpaired) electrons. The first kappa shape index (κ1) is 19.4. The zero-order valence-electron chi connectivity index (χ0n) is 16.2. The van der Waals surface area contributed by atoms with E-state index in [0.29, 0.717) is 40.2 Å². The number of carbonyl (C=O) groups excluding carboxylic acids is 2. The minimum Gasteiger partial charge on any atom is -0.496 e. The zero-order valence-corrected chi connectivity index (χ0v) is 16.2. The van der Waals surface area contributed by atoms with E-state index >= 15 is 0 Å². The fraction of sp³-hybridized carbons (Fsp3) is 0.182. The number of carboxylic acid groups (broad SMARTS) is 1. The molecular weight excluding hydrogens is 386 g/mol. The van der Waals surface area contributed by atoms with E-state index in [1.807, 2.05) is 28.8 Å². The number of hydrogen-bond donors (Lipinski definition) is 2. The van der Waals surface area contributed by atoms with Crippen LogP contribution in [0.4, 0.5) is 0 Å². The summed E-state index contributed by atoms with van der Waals surface area (Å²) in [4.78, 5) is 40.6. The number of rotatable bonds is 6. The van der Waals surface area contributed by atoms with Gasteiger partial charge >= 0.3 is 5.97 Å². The Morgan fingerprint density at radius 2 is 1.97 bits per heavy atom. The van der Waals surface area contributed by atoms with Crippen LogP contribution in [0.2, 0.25) is 0 Å². The molecule has 1 aliphatic heterocycles. The van der Waals surface area contributed by atoms with Crippen LogP contribution in [0.5, 0.6) is 5.75 Å². The molecule has 3 aromatic rings. The van der Waals surface area contributed by atoms with Gasteiger partial charge < -0.3 is 20.1 Å². The molecule has 0 saturated carbocycles. The van der Waals surface area contributed by atoms with Crippen LogP contribution in [0.15, 0.2) is 47.5 Å². The van der Waals surface area contributed by atoms with Crippen molar-refractivity contribution >= 4 is 34.3 Å². The highest BCUT2D eigenvalue weighted by Crippen LogP contribution is 2.34. The maximum absolute atomic E-state index is 12.8. The molecule has 8 nitrogen and oxygen atoms in total. The monoisotopic (exact) mass is 405 g/mol. The molecule has 2 aromatic carbocycles. The molecule has 30 heavy (non-hydrogen) atoms. The van der Waals surface area contributed by atoms with E-state index in [1.54, 1.807) is 25.3 Å². The lowest BCUT2D eigenvalue weighted by atomic mass is 9.96. The summed E-state index contributed by atoms with van der Waals surface area (Å²) in [6, 6.07) is 12.4. The van der Waals surface area contributed by atoms with Crippen LogP contribution in [-0.2, 0) is 11.3 Å². The number of methoxy groups -OCH3 is 1. The molecule has 8 heteroatoms. The molecular formula is C22H19N3O5. The molecule has 1 amide bonds. The Balaban J connectivity index is 2.05. The summed E-state index contributed by atoms with van der Waals surface area (Å²) in [5.74, 6) is -1.35. The molecule has 0 saturated heterocycles. The van der Waals surface area contributed by atoms with Gasteiger partial charge in [0.25, 0.3) is 0 Å². The molecule has 0 aliphatic carbocycles. The van der Waals surface area contributed by atoms with Gasteiger partial charge in [-0.05, 0) is 18.2 Å². The summed E-state index contributed by atoms with van der Waals surface area (Å²) in [6.07, 6.45) is -0.339. The average molecular weight is 405 g/mol. The Bertz CT molecular complexity index is 1240. The SMILES string of the molecule is COc1ccccc1Cn1c2c(c3c(C(N)=O)cccc31)C(=O)CN=C2CC(=O)O. The van der Waals surface area contributed by atoms with Crippen LogP contribution in [0.3, 0.4) is 0 Å². The van der Waals surface area contributed by atoms with Crippen molar-refractivity contribution in [3.8, 4) is 5.75 Å². The van der Waals surface area contributed by atoms with Crippen molar-refractivity contribution in [1.82, 2.24) is 4.57 Å². The molecule has 1 aliphatic rings. The van der Waals surface area contributed by atoms with Gasteiger partial charge in [0.15, 0.2) is 5.78 Å². The number of aliphatic imine (C=N–C) groups is 1. The number of aliphatic carboxylic acids is 1. The van der Waals surface area contributed by atoms with Crippen molar-refractivity contribution in [2.75, 3.05) is 13.7 Å². The molecule has 0 fully saturated rings. The van der Waals surface area contributed by atoms with E-state index in [4.69, 9.17) is 10.5 Å². The molecule has 0 bridgehead atoms. The standard InChI is InChI=1S/C22H19N3O5/c1-30-17-8-3-2-5-12(17)11-25-15-7-4-6-13(22(23)29)19(15)20-16(26)10-24-14(21(20)25)9-18(27)28/h2-8H,9-11H2,1H3,(H2,23,29)(H,27,28). The third kappa shape index (κ3) is 3.12. The maximum atomic E-state index is 12.8. The van der Waals surface area contributed by atoms with Crippen molar-refractivity contribution in [3.05, 3.63) is 64.8 Å². The first-order valence-corrected chi connectivity index (χ1v) is 9.28. The van der Waals surface area contributed by atoms with Gasteiger partial charge in [0.05, 0.1) is 42.6 Å². The van der Waals surface area contributed by atoms with Crippen molar-refractivity contribution < 1.29 is 24.2 Å². The zero-order chi connectivity index (χ0) is 21.4. The van der Waals surface area contributed by atoms with Crippen LogP contribution in [0.1, 0.15) is 38.4 Å². The Labute approximate surface area is 171 Å². The number of nitrogens with two attached hydrogens (primary N) is 1. The molecule has 152 valence electrons. The highest BCUT2D eigenvalue weighted by atomic mass is 16.5. The number of aromatic nitrogens is 1. The Kier molecular flexibility index (Phi) is 4.83. The average Bonchev–Trinajstić information content (AvgIpc) is 3.05. The summed E-state index contributed by atoms with van der Waals surface area (Å²) < 4.78 is 7.26. The highest BCUT2D eigenvalue weighted by molar-refractivity contribution is 6.26. The van der Waals surface area contributed by atoms with Crippen molar-refractivity contribution in [2.45, 2.75) is 13.0 Å². The first-order valence-electron chi connectivity index (χ1n) is 9.28. The van der Waals surface area contributed by atoms with E-state index in [2.05, 4.69) is 4.99 Å². The van der Waals surface area contributed by atoms with Gasteiger partial charge in [0.1, 0.15) is 12.3 Å². The fourth-order valence-electron chi connectivity index (χ4n) is 3.95. The number of ether oxygens (including phenoxy) is 1. The highest BCUT2D eigenvalue weighted by Gasteiger charge is 2.32. The summed E-state index contributed by atoms with van der Waals surface area (Å²) >= 11 is 0. The lowest BCUT2D eigenvalue weighted by Gasteiger charge is -2.17. The summed E-state index contributed by atoms with van der Waals surface area (Å²) in [6.45, 7) is 0.125. The number of carbonyl (C=O) groups is 3.